The van der Waals surface area contributed by atoms with Gasteiger partial charge in [-0.3, -0.25) is 14.8 Å². The van der Waals surface area contributed by atoms with Gasteiger partial charge in [0.15, 0.2) is 0 Å². The van der Waals surface area contributed by atoms with Gasteiger partial charge < -0.3 is 10.0 Å². The van der Waals surface area contributed by atoms with Crippen LogP contribution in [-0.4, -0.2) is 69.3 Å². The lowest BCUT2D eigenvalue weighted by molar-refractivity contribution is -0.0521. The van der Waals surface area contributed by atoms with E-state index in [-0.39, 0.29) is 12.5 Å². The van der Waals surface area contributed by atoms with E-state index in [2.05, 4.69) is 15.1 Å². The van der Waals surface area contributed by atoms with E-state index in [0.717, 1.165) is 44.3 Å². The average Bonchev–Trinajstić information content (AvgIpc) is 3.28. The van der Waals surface area contributed by atoms with Crippen molar-refractivity contribution < 1.29 is 9.90 Å². The fourth-order valence-corrected chi connectivity index (χ4v) is 5.98. The topological polar surface area (TPSA) is 72.5 Å². The molecule has 150 valence electrons. The van der Waals surface area contributed by atoms with Gasteiger partial charge in [0.25, 0.3) is 5.91 Å². The van der Waals surface area contributed by atoms with Crippen LogP contribution in [0.3, 0.4) is 0 Å². The molecule has 1 spiro atoms. The number of nitrogens with zero attached hydrogens (tertiary/aromatic N) is 3. The van der Waals surface area contributed by atoms with Crippen LogP contribution >= 0.6 is 11.6 Å². The first kappa shape index (κ1) is 18.4. The molecule has 0 radical (unpaired) electrons. The Hall–Kier alpha value is -1.63. The third kappa shape index (κ3) is 2.77. The number of aliphatic hydroxyl groups excluding tert-OH is 1. The minimum atomic E-state index is 0.0198. The van der Waals surface area contributed by atoms with E-state index < -0.39 is 0 Å². The highest BCUT2D eigenvalue weighted by atomic mass is 35.5. The minimum absolute atomic E-state index is 0.0198. The summed E-state index contributed by atoms with van der Waals surface area (Å²) in [5.74, 6) is 0.0198. The van der Waals surface area contributed by atoms with Gasteiger partial charge in [-0.1, -0.05) is 30.2 Å². The number of para-hydroxylation sites is 1. The van der Waals surface area contributed by atoms with E-state index in [4.69, 9.17) is 11.6 Å². The van der Waals surface area contributed by atoms with Gasteiger partial charge in [0.2, 0.25) is 0 Å². The number of aliphatic hydroxyl groups is 1. The lowest BCUT2D eigenvalue weighted by atomic mass is 9.72. The highest BCUT2D eigenvalue weighted by molar-refractivity contribution is 6.35. The average molecular weight is 403 g/mol. The maximum atomic E-state index is 13.1. The molecule has 2 aromatic rings. The zero-order valence-electron chi connectivity index (χ0n) is 16.0. The second-order valence-corrected chi connectivity index (χ2v) is 9.07. The van der Waals surface area contributed by atoms with Gasteiger partial charge in [0.05, 0.1) is 11.6 Å². The number of aromatic nitrogens is 2. The fourth-order valence-electron chi connectivity index (χ4n) is 5.77. The molecule has 3 fully saturated rings. The minimum Gasteiger partial charge on any atom is -0.395 e. The number of carbonyl (C=O) groups is 1. The third-order valence-corrected chi connectivity index (χ3v) is 7.76. The first-order valence-electron chi connectivity index (χ1n) is 10.4. The molecule has 6 nitrogen and oxygen atoms in total. The first-order chi connectivity index (χ1) is 13.6. The monoisotopic (exact) mass is 402 g/mol. The van der Waals surface area contributed by atoms with Crippen LogP contribution in [0.25, 0.3) is 10.9 Å². The molecular weight excluding hydrogens is 376 g/mol. The number of H-pyrrole nitrogens is 1. The normalized spacial score (nSPS) is 27.4. The number of benzene rings is 1. The summed E-state index contributed by atoms with van der Waals surface area (Å²) in [5, 5.41) is 18.1. The van der Waals surface area contributed by atoms with Crippen LogP contribution in [0.15, 0.2) is 18.2 Å². The second-order valence-electron chi connectivity index (χ2n) is 8.66. The summed E-state index contributed by atoms with van der Waals surface area (Å²) in [5.41, 5.74) is 1.51. The van der Waals surface area contributed by atoms with Gasteiger partial charge in [-0.15, -0.1) is 0 Å². The highest BCUT2D eigenvalue weighted by Crippen LogP contribution is 2.50. The predicted molar refractivity (Wildman–Crippen MR) is 109 cm³/mol. The number of fused-ring (bicyclic) bond motifs is 1. The van der Waals surface area contributed by atoms with E-state index in [1.54, 1.807) is 6.07 Å². The summed E-state index contributed by atoms with van der Waals surface area (Å²) in [6.07, 6.45) is 6.95. The molecule has 2 saturated heterocycles. The van der Waals surface area contributed by atoms with Crippen molar-refractivity contribution in [3.8, 4) is 0 Å². The number of amides is 1. The van der Waals surface area contributed by atoms with Crippen molar-refractivity contribution in [3.05, 3.63) is 28.9 Å². The van der Waals surface area contributed by atoms with Crippen LogP contribution in [0.4, 0.5) is 0 Å². The Bertz CT molecular complexity index is 888. The highest BCUT2D eigenvalue weighted by Gasteiger charge is 2.50. The van der Waals surface area contributed by atoms with Crippen LogP contribution in [0, 0.1) is 5.41 Å². The first-order valence-corrected chi connectivity index (χ1v) is 10.8. The number of likely N-dealkylation sites (tertiary alicyclic amines) is 2. The van der Waals surface area contributed by atoms with Crippen LogP contribution in [0.2, 0.25) is 5.02 Å². The lowest BCUT2D eigenvalue weighted by Crippen LogP contribution is -2.60. The largest absolute Gasteiger partial charge is 0.395 e. The molecule has 7 heteroatoms. The molecule has 3 aliphatic rings. The van der Waals surface area contributed by atoms with Crippen molar-refractivity contribution in [2.45, 2.75) is 50.6 Å². The zero-order valence-corrected chi connectivity index (χ0v) is 16.8. The smallest absolute Gasteiger partial charge is 0.272 e. The number of rotatable bonds is 3. The van der Waals surface area contributed by atoms with E-state index in [9.17, 15) is 9.90 Å². The predicted octanol–water partition coefficient (Wildman–Crippen LogP) is 3.06. The lowest BCUT2D eigenvalue weighted by Gasteiger charge is -2.53. The molecule has 1 amide bonds. The van der Waals surface area contributed by atoms with Gasteiger partial charge >= 0.3 is 0 Å². The van der Waals surface area contributed by atoms with Gasteiger partial charge in [-0.2, -0.15) is 5.10 Å². The second kappa shape index (κ2) is 7.01. The third-order valence-electron chi connectivity index (χ3n) is 7.46. The van der Waals surface area contributed by atoms with Gasteiger partial charge in [-0.05, 0) is 43.6 Å². The molecule has 2 atom stereocenters. The molecule has 1 aromatic carbocycles. The summed E-state index contributed by atoms with van der Waals surface area (Å²) in [7, 11) is 0. The van der Waals surface area contributed by atoms with Crippen LogP contribution in [0.5, 0.6) is 0 Å². The number of nitrogens with one attached hydrogen (secondary N) is 1. The molecule has 1 saturated carbocycles. The van der Waals surface area contributed by atoms with Crippen LogP contribution in [-0.2, 0) is 0 Å². The van der Waals surface area contributed by atoms with E-state index in [1.165, 1.54) is 19.3 Å². The van der Waals surface area contributed by atoms with E-state index in [0.29, 0.717) is 33.7 Å². The summed E-state index contributed by atoms with van der Waals surface area (Å²) in [4.78, 5) is 17.6. The molecule has 1 aliphatic carbocycles. The molecule has 2 unspecified atom stereocenters. The van der Waals surface area contributed by atoms with Crippen molar-refractivity contribution in [3.63, 3.8) is 0 Å². The fraction of sp³-hybridized carbons (Fsp3) is 0.619. The number of piperidine rings is 1. The standard InChI is InChI=1S/C21H27ClN4O2/c22-16-4-1-3-15-18(16)23-24-19(15)20(28)25-11-8-21(9-12-25)7-2-5-17(21)26-10-6-14(26)13-27/h1,3-4,14,17,27H,2,5-13H2,(H,23,24). The number of hydrogen-bond donors (Lipinski definition) is 2. The number of aromatic amines is 1. The molecule has 5 rings (SSSR count). The number of carbonyl (C=O) groups excluding carboxylic acids is 1. The molecule has 28 heavy (non-hydrogen) atoms. The van der Waals surface area contributed by atoms with Gasteiger partial charge in [0.1, 0.15) is 11.2 Å². The molecule has 2 aliphatic heterocycles. The van der Waals surface area contributed by atoms with Crippen molar-refractivity contribution in [2.24, 2.45) is 5.41 Å². The summed E-state index contributed by atoms with van der Waals surface area (Å²) >= 11 is 6.20. The Morgan fingerprint density at radius 2 is 2.07 bits per heavy atom. The van der Waals surface area contributed by atoms with Crippen molar-refractivity contribution in [2.75, 3.05) is 26.2 Å². The molecule has 2 N–H and O–H groups in total. The van der Waals surface area contributed by atoms with E-state index >= 15 is 0 Å². The van der Waals surface area contributed by atoms with Crippen LogP contribution < -0.4 is 0 Å². The Labute approximate surface area is 169 Å². The summed E-state index contributed by atoms with van der Waals surface area (Å²) < 4.78 is 0. The van der Waals surface area contributed by atoms with Gasteiger partial charge in [0, 0.05) is 37.1 Å². The molecule has 1 aromatic heterocycles. The quantitative estimate of drug-likeness (QED) is 0.827. The number of hydrogen-bond acceptors (Lipinski definition) is 4. The van der Waals surface area contributed by atoms with E-state index in [1.807, 2.05) is 17.0 Å². The maximum Gasteiger partial charge on any atom is 0.272 e. The Morgan fingerprint density at radius 1 is 1.25 bits per heavy atom. The zero-order chi connectivity index (χ0) is 19.3. The molecular formula is C21H27ClN4O2. The number of halogens is 1. The van der Waals surface area contributed by atoms with Gasteiger partial charge in [-0.25, -0.2) is 0 Å². The Morgan fingerprint density at radius 3 is 2.79 bits per heavy atom. The summed E-state index contributed by atoms with van der Waals surface area (Å²) in [6.45, 7) is 2.95. The summed E-state index contributed by atoms with van der Waals surface area (Å²) in [6, 6.07) is 6.47. The van der Waals surface area contributed by atoms with Crippen molar-refractivity contribution in [1.29, 1.82) is 0 Å². The Kier molecular flexibility index (Phi) is 4.61. The molecule has 0 bridgehead atoms. The maximum absolute atomic E-state index is 13.1. The molecule has 3 heterocycles. The SMILES string of the molecule is O=C(c1[nH]nc2c(Cl)cccc12)N1CCC2(CCCC2N2CCC2CO)CC1. The Balaban J connectivity index is 1.31. The van der Waals surface area contributed by atoms with Crippen molar-refractivity contribution >= 4 is 28.4 Å². The van der Waals surface area contributed by atoms with Crippen molar-refractivity contribution in [1.82, 2.24) is 20.0 Å². The van der Waals surface area contributed by atoms with Crippen LogP contribution in [0.1, 0.15) is 49.0 Å².